The molecule has 9 heteroatoms. The first kappa shape index (κ1) is 20.8. The zero-order valence-electron chi connectivity index (χ0n) is 15.8. The summed E-state index contributed by atoms with van der Waals surface area (Å²) in [6, 6.07) is 5.98. The zero-order valence-corrected chi connectivity index (χ0v) is 17.4. The monoisotopic (exact) mass is 460 g/mol. The molecule has 0 saturated carbocycles. The van der Waals surface area contributed by atoms with Crippen LogP contribution in [0.3, 0.4) is 0 Å². The molecule has 8 nitrogen and oxygen atoms in total. The molecule has 0 spiro atoms. The predicted molar refractivity (Wildman–Crippen MR) is 111 cm³/mol. The molecule has 1 aromatic heterocycles. The third kappa shape index (κ3) is 4.56. The van der Waals surface area contributed by atoms with Crippen molar-refractivity contribution in [2.75, 3.05) is 6.54 Å². The Bertz CT molecular complexity index is 980. The highest BCUT2D eigenvalue weighted by molar-refractivity contribution is 9.10. The fourth-order valence-corrected chi connectivity index (χ4v) is 3.71. The van der Waals surface area contributed by atoms with Crippen LogP contribution < -0.4 is 15.8 Å². The van der Waals surface area contributed by atoms with Gasteiger partial charge < -0.3 is 20.7 Å². The molecule has 1 saturated heterocycles. The maximum absolute atomic E-state index is 12.8. The average molecular weight is 461 g/mol. The van der Waals surface area contributed by atoms with E-state index in [-0.39, 0.29) is 13.0 Å². The molecule has 0 unspecified atom stereocenters. The van der Waals surface area contributed by atoms with E-state index in [1.54, 1.807) is 13.1 Å². The van der Waals surface area contributed by atoms with E-state index >= 15 is 0 Å². The van der Waals surface area contributed by atoms with Crippen molar-refractivity contribution >= 4 is 44.4 Å². The molecule has 3 N–H and O–H groups in total. The SMILES string of the molecule is C=CC(=O)N[C@H](C)C(=O)N1C[C@H](Oc2nccc3ccc(Br)cc23)C[C@H]1C(N)=O. The molecular formula is C20H21BrN4O4. The van der Waals surface area contributed by atoms with Crippen LogP contribution >= 0.6 is 15.9 Å². The summed E-state index contributed by atoms with van der Waals surface area (Å²) >= 11 is 3.44. The second-order valence-electron chi connectivity index (χ2n) is 6.80. The van der Waals surface area contributed by atoms with Crippen molar-refractivity contribution in [2.45, 2.75) is 31.5 Å². The minimum atomic E-state index is -0.826. The number of nitrogens with one attached hydrogen (secondary N) is 1. The van der Waals surface area contributed by atoms with Crippen molar-refractivity contribution in [3.8, 4) is 5.88 Å². The lowest BCUT2D eigenvalue weighted by molar-refractivity contribution is -0.139. The second kappa shape index (κ2) is 8.60. The van der Waals surface area contributed by atoms with Gasteiger partial charge in [-0.2, -0.15) is 0 Å². The number of ether oxygens (including phenoxy) is 1. The van der Waals surface area contributed by atoms with Crippen LogP contribution in [0.5, 0.6) is 5.88 Å². The van der Waals surface area contributed by atoms with Gasteiger partial charge in [0.1, 0.15) is 18.2 Å². The second-order valence-corrected chi connectivity index (χ2v) is 7.72. The summed E-state index contributed by atoms with van der Waals surface area (Å²) in [5, 5.41) is 4.27. The largest absolute Gasteiger partial charge is 0.472 e. The zero-order chi connectivity index (χ0) is 21.1. The Morgan fingerprint density at radius 2 is 2.17 bits per heavy atom. The maximum Gasteiger partial charge on any atom is 0.245 e. The number of primary amides is 1. The van der Waals surface area contributed by atoms with Gasteiger partial charge in [-0.15, -0.1) is 0 Å². The Morgan fingerprint density at radius 3 is 2.86 bits per heavy atom. The molecule has 1 aromatic carbocycles. The standard InChI is InChI=1S/C20H21BrN4O4/c1-3-17(26)24-11(2)20(28)25-10-14(9-16(25)18(22)27)29-19-15-8-13(21)5-4-12(15)6-7-23-19/h3-8,11,14,16H,1,9-10H2,2H3,(H2,22,27)(H,24,26)/t11-,14-,16+/m1/s1. The van der Waals surface area contributed by atoms with Crippen LogP contribution in [-0.4, -0.2) is 52.3 Å². The summed E-state index contributed by atoms with van der Waals surface area (Å²) in [5.41, 5.74) is 5.51. The molecular weight excluding hydrogens is 440 g/mol. The predicted octanol–water partition coefficient (Wildman–Crippen LogP) is 1.52. The summed E-state index contributed by atoms with van der Waals surface area (Å²) in [6.45, 7) is 5.06. The number of rotatable bonds is 6. The third-order valence-electron chi connectivity index (χ3n) is 4.76. The van der Waals surface area contributed by atoms with Crippen molar-refractivity contribution in [3.05, 3.63) is 47.6 Å². The van der Waals surface area contributed by atoms with Crippen molar-refractivity contribution in [1.82, 2.24) is 15.2 Å². The van der Waals surface area contributed by atoms with Gasteiger partial charge in [0.2, 0.25) is 23.6 Å². The summed E-state index contributed by atoms with van der Waals surface area (Å²) in [4.78, 5) is 41.8. The topological polar surface area (TPSA) is 115 Å². The van der Waals surface area contributed by atoms with E-state index in [2.05, 4.69) is 32.8 Å². The number of pyridine rings is 1. The van der Waals surface area contributed by atoms with E-state index < -0.39 is 35.9 Å². The lowest BCUT2D eigenvalue weighted by atomic mass is 10.1. The number of hydrogen-bond donors (Lipinski definition) is 2. The number of likely N-dealkylation sites (tertiary alicyclic amines) is 1. The van der Waals surface area contributed by atoms with E-state index in [9.17, 15) is 14.4 Å². The molecule has 0 bridgehead atoms. The number of nitrogens with zero attached hydrogens (tertiary/aromatic N) is 2. The number of aromatic nitrogens is 1. The van der Waals surface area contributed by atoms with Gasteiger partial charge in [0, 0.05) is 22.5 Å². The minimum absolute atomic E-state index is 0.160. The van der Waals surface area contributed by atoms with Gasteiger partial charge in [0.25, 0.3) is 0 Å². The molecule has 3 atom stereocenters. The lowest BCUT2D eigenvalue weighted by Crippen LogP contribution is -2.51. The van der Waals surface area contributed by atoms with Crippen molar-refractivity contribution < 1.29 is 19.1 Å². The Kier molecular flexibility index (Phi) is 6.17. The van der Waals surface area contributed by atoms with E-state index in [4.69, 9.17) is 10.5 Å². The summed E-state index contributed by atoms with van der Waals surface area (Å²) in [5.74, 6) is -1.10. The van der Waals surface area contributed by atoms with Crippen LogP contribution in [-0.2, 0) is 14.4 Å². The number of benzene rings is 1. The van der Waals surface area contributed by atoms with Gasteiger partial charge in [-0.1, -0.05) is 28.6 Å². The maximum atomic E-state index is 12.8. The molecule has 1 aliphatic heterocycles. The van der Waals surface area contributed by atoms with Crippen LogP contribution in [0.25, 0.3) is 10.8 Å². The van der Waals surface area contributed by atoms with E-state index in [1.807, 2.05) is 24.3 Å². The van der Waals surface area contributed by atoms with Gasteiger partial charge in [0.05, 0.1) is 6.54 Å². The number of amides is 3. The first-order valence-corrected chi connectivity index (χ1v) is 9.83. The molecule has 3 rings (SSSR count). The van der Waals surface area contributed by atoms with Gasteiger partial charge in [0.15, 0.2) is 0 Å². The van der Waals surface area contributed by atoms with Crippen molar-refractivity contribution in [1.29, 1.82) is 0 Å². The molecule has 3 amide bonds. The smallest absolute Gasteiger partial charge is 0.245 e. The molecule has 1 fully saturated rings. The van der Waals surface area contributed by atoms with E-state index in [1.165, 1.54) is 4.90 Å². The average Bonchev–Trinajstić information content (AvgIpc) is 3.11. The third-order valence-corrected chi connectivity index (χ3v) is 5.25. The summed E-state index contributed by atoms with van der Waals surface area (Å²) in [6.07, 6.45) is 2.50. The van der Waals surface area contributed by atoms with Gasteiger partial charge in [-0.25, -0.2) is 4.98 Å². The summed E-state index contributed by atoms with van der Waals surface area (Å²) < 4.78 is 6.93. The number of fused-ring (bicyclic) bond motifs is 1. The fourth-order valence-electron chi connectivity index (χ4n) is 3.34. The highest BCUT2D eigenvalue weighted by Crippen LogP contribution is 2.29. The molecule has 2 aromatic rings. The number of carbonyl (C=O) groups excluding carboxylic acids is 3. The van der Waals surface area contributed by atoms with E-state index in [0.717, 1.165) is 21.3 Å². The van der Waals surface area contributed by atoms with Crippen LogP contribution in [0.1, 0.15) is 13.3 Å². The van der Waals surface area contributed by atoms with Crippen LogP contribution in [0.15, 0.2) is 47.6 Å². The van der Waals surface area contributed by atoms with Gasteiger partial charge in [-0.3, -0.25) is 14.4 Å². The van der Waals surface area contributed by atoms with Gasteiger partial charge in [-0.05, 0) is 36.6 Å². The lowest BCUT2D eigenvalue weighted by Gasteiger charge is -2.25. The molecule has 0 radical (unpaired) electrons. The fraction of sp³-hybridized carbons (Fsp3) is 0.300. The molecule has 29 heavy (non-hydrogen) atoms. The minimum Gasteiger partial charge on any atom is -0.472 e. The van der Waals surface area contributed by atoms with Crippen molar-refractivity contribution in [2.24, 2.45) is 5.73 Å². The number of carbonyl (C=O) groups is 3. The number of nitrogens with two attached hydrogens (primary N) is 1. The van der Waals surface area contributed by atoms with Crippen molar-refractivity contribution in [3.63, 3.8) is 0 Å². The highest BCUT2D eigenvalue weighted by atomic mass is 79.9. The Labute approximate surface area is 176 Å². The molecule has 2 heterocycles. The van der Waals surface area contributed by atoms with Crippen LogP contribution in [0.4, 0.5) is 0 Å². The van der Waals surface area contributed by atoms with Crippen LogP contribution in [0, 0.1) is 0 Å². The first-order chi connectivity index (χ1) is 13.8. The first-order valence-electron chi connectivity index (χ1n) is 9.03. The van der Waals surface area contributed by atoms with Crippen LogP contribution in [0.2, 0.25) is 0 Å². The Hall–Kier alpha value is -2.94. The molecule has 1 aliphatic rings. The number of hydrogen-bond acceptors (Lipinski definition) is 5. The summed E-state index contributed by atoms with van der Waals surface area (Å²) in [7, 11) is 0. The Morgan fingerprint density at radius 1 is 1.41 bits per heavy atom. The quantitative estimate of drug-likeness (QED) is 0.634. The number of halogens is 1. The molecule has 0 aliphatic carbocycles. The van der Waals surface area contributed by atoms with Gasteiger partial charge >= 0.3 is 0 Å². The highest BCUT2D eigenvalue weighted by Gasteiger charge is 2.41. The normalized spacial score (nSPS) is 19.6. The Balaban J connectivity index is 1.80. The molecule has 152 valence electrons. The van der Waals surface area contributed by atoms with E-state index in [0.29, 0.717) is 5.88 Å².